The number of nitrogens with one attached hydrogen (secondary N) is 1. The van der Waals surface area contributed by atoms with E-state index in [-0.39, 0.29) is 0 Å². The second-order valence-electron chi connectivity index (χ2n) is 7.12. The number of rotatable bonds is 1. The molecular formula is C20H23N3. The van der Waals surface area contributed by atoms with Crippen molar-refractivity contribution in [1.29, 1.82) is 0 Å². The fourth-order valence-electron chi connectivity index (χ4n) is 4.67. The van der Waals surface area contributed by atoms with Gasteiger partial charge in [-0.1, -0.05) is 12.2 Å². The maximum absolute atomic E-state index is 5.01. The number of hydrogen-bond donors (Lipinski definition) is 1. The van der Waals surface area contributed by atoms with E-state index in [0.29, 0.717) is 5.92 Å². The molecule has 0 bridgehead atoms. The number of nitrogens with zero attached hydrogens (tertiary/aromatic N) is 2. The zero-order valence-electron chi connectivity index (χ0n) is 13.5. The zero-order chi connectivity index (χ0) is 15.2. The molecule has 0 radical (unpaired) electrons. The highest BCUT2D eigenvalue weighted by Gasteiger charge is 2.32. The normalized spacial score (nSPS) is 26.6. The van der Waals surface area contributed by atoms with Crippen molar-refractivity contribution in [3.63, 3.8) is 0 Å². The molecule has 1 unspecified atom stereocenters. The van der Waals surface area contributed by atoms with Crippen LogP contribution in [0.2, 0.25) is 0 Å². The maximum Gasteiger partial charge on any atom is 0.0680 e. The van der Waals surface area contributed by atoms with Crippen LogP contribution in [0, 0.1) is 11.8 Å². The molecule has 2 aliphatic heterocycles. The smallest absolute Gasteiger partial charge is 0.0680 e. The molecule has 1 N–H and O–H groups in total. The maximum atomic E-state index is 5.01. The highest BCUT2D eigenvalue weighted by atomic mass is 15.0. The first-order valence-electron chi connectivity index (χ1n) is 8.98. The number of fused-ring (bicyclic) bond motifs is 1. The quantitative estimate of drug-likeness (QED) is 0.843. The Morgan fingerprint density at radius 1 is 1.22 bits per heavy atom. The second kappa shape index (κ2) is 5.34. The van der Waals surface area contributed by atoms with Crippen molar-refractivity contribution in [3.05, 3.63) is 47.4 Å². The SMILES string of the molecule is C1=CC2=C(N=CC3=CCCc4ccn2c43)C(C2CCNCC2)C1. The van der Waals surface area contributed by atoms with Gasteiger partial charge in [0.2, 0.25) is 0 Å². The van der Waals surface area contributed by atoms with Crippen molar-refractivity contribution in [3.8, 4) is 0 Å². The van der Waals surface area contributed by atoms with Crippen LogP contribution in [0.25, 0.3) is 11.3 Å². The molecule has 0 amide bonds. The Kier molecular flexibility index (Phi) is 3.15. The van der Waals surface area contributed by atoms with Crippen molar-refractivity contribution in [2.24, 2.45) is 16.8 Å². The van der Waals surface area contributed by atoms with Crippen molar-refractivity contribution in [2.45, 2.75) is 32.1 Å². The van der Waals surface area contributed by atoms with Gasteiger partial charge in [0.05, 0.1) is 17.1 Å². The molecule has 3 heterocycles. The Morgan fingerprint density at radius 2 is 2.13 bits per heavy atom. The van der Waals surface area contributed by atoms with Gasteiger partial charge < -0.3 is 9.88 Å². The zero-order valence-corrected chi connectivity index (χ0v) is 13.5. The van der Waals surface area contributed by atoms with E-state index >= 15 is 0 Å². The Labute approximate surface area is 137 Å². The lowest BCUT2D eigenvalue weighted by Gasteiger charge is -2.33. The van der Waals surface area contributed by atoms with E-state index in [1.807, 2.05) is 0 Å². The van der Waals surface area contributed by atoms with Crippen LogP contribution in [-0.2, 0) is 6.42 Å². The van der Waals surface area contributed by atoms with Crippen LogP contribution < -0.4 is 5.32 Å². The van der Waals surface area contributed by atoms with E-state index in [1.165, 1.54) is 41.1 Å². The lowest BCUT2D eigenvalue weighted by molar-refractivity contribution is 0.287. The summed E-state index contributed by atoms with van der Waals surface area (Å²) in [5.74, 6) is 1.34. The molecule has 0 spiro atoms. The minimum Gasteiger partial charge on any atom is -0.317 e. The standard InChI is InChI=1S/C20H23N3/c1-3-15-9-12-23-18-6-2-5-17(14-7-10-21-11-8-14)19(18)22-13-16(4-1)20(15)23/h2,4,6,9,12-14,17,21H,1,3,5,7-8,10-11H2. The molecule has 1 atom stereocenters. The molecule has 1 aromatic rings. The summed E-state index contributed by atoms with van der Waals surface area (Å²) in [5, 5.41) is 3.49. The summed E-state index contributed by atoms with van der Waals surface area (Å²) in [6.45, 7) is 2.31. The number of allylic oxidation sites excluding steroid dienone is 6. The third-order valence-electron chi connectivity index (χ3n) is 5.86. The Bertz CT molecular complexity index is 754. The van der Waals surface area contributed by atoms with E-state index in [1.54, 1.807) is 0 Å². The van der Waals surface area contributed by atoms with Gasteiger partial charge >= 0.3 is 0 Å². The summed E-state index contributed by atoms with van der Waals surface area (Å²) in [6, 6.07) is 2.30. The lowest BCUT2D eigenvalue weighted by Crippen LogP contribution is -2.32. The first kappa shape index (κ1) is 13.6. The topological polar surface area (TPSA) is 29.3 Å². The van der Waals surface area contributed by atoms with Gasteiger partial charge in [0, 0.05) is 23.9 Å². The van der Waals surface area contributed by atoms with Gasteiger partial charge in [-0.05, 0) is 68.8 Å². The summed E-state index contributed by atoms with van der Waals surface area (Å²) in [5.41, 5.74) is 6.78. The minimum absolute atomic E-state index is 0.576. The molecule has 118 valence electrons. The molecule has 1 fully saturated rings. The molecule has 23 heavy (non-hydrogen) atoms. The summed E-state index contributed by atoms with van der Waals surface area (Å²) in [7, 11) is 0. The van der Waals surface area contributed by atoms with Crippen LogP contribution in [0.5, 0.6) is 0 Å². The van der Waals surface area contributed by atoms with E-state index in [0.717, 1.165) is 38.3 Å². The van der Waals surface area contributed by atoms with Crippen LogP contribution >= 0.6 is 0 Å². The van der Waals surface area contributed by atoms with Crippen LogP contribution in [0.1, 0.15) is 36.9 Å². The predicted octanol–water partition coefficient (Wildman–Crippen LogP) is 3.65. The molecule has 4 aliphatic rings. The van der Waals surface area contributed by atoms with Crippen LogP contribution in [0.3, 0.4) is 0 Å². The minimum atomic E-state index is 0.576. The molecule has 1 saturated heterocycles. The molecule has 0 aromatic carbocycles. The van der Waals surface area contributed by atoms with Gasteiger partial charge in [-0.3, -0.25) is 4.99 Å². The lowest BCUT2D eigenvalue weighted by atomic mass is 9.78. The molecular weight excluding hydrogens is 282 g/mol. The first-order valence-corrected chi connectivity index (χ1v) is 8.98. The van der Waals surface area contributed by atoms with Gasteiger partial charge in [-0.25, -0.2) is 0 Å². The summed E-state index contributed by atoms with van der Waals surface area (Å²) >= 11 is 0. The molecule has 3 heteroatoms. The summed E-state index contributed by atoms with van der Waals surface area (Å²) < 4.78 is 2.40. The number of aryl methyl sites for hydroxylation is 1. The van der Waals surface area contributed by atoms with Crippen molar-refractivity contribution < 1.29 is 0 Å². The number of aromatic nitrogens is 1. The molecule has 5 rings (SSSR count). The number of aliphatic imine (C=N–C) groups is 1. The summed E-state index contributed by atoms with van der Waals surface area (Å²) in [4.78, 5) is 5.01. The largest absolute Gasteiger partial charge is 0.317 e. The Balaban J connectivity index is 1.63. The average molecular weight is 305 g/mol. The van der Waals surface area contributed by atoms with Gasteiger partial charge in [-0.2, -0.15) is 0 Å². The van der Waals surface area contributed by atoms with Crippen LogP contribution in [-0.4, -0.2) is 23.9 Å². The van der Waals surface area contributed by atoms with Gasteiger partial charge in [0.1, 0.15) is 0 Å². The van der Waals surface area contributed by atoms with E-state index < -0.39 is 0 Å². The van der Waals surface area contributed by atoms with Crippen LogP contribution in [0.4, 0.5) is 0 Å². The predicted molar refractivity (Wildman–Crippen MR) is 95.3 cm³/mol. The third-order valence-corrected chi connectivity index (χ3v) is 5.86. The molecule has 3 nitrogen and oxygen atoms in total. The monoisotopic (exact) mass is 305 g/mol. The molecule has 0 saturated carbocycles. The number of hydrogen-bond acceptors (Lipinski definition) is 2. The van der Waals surface area contributed by atoms with E-state index in [2.05, 4.69) is 46.6 Å². The van der Waals surface area contributed by atoms with Crippen molar-refractivity contribution >= 4 is 17.5 Å². The highest BCUT2D eigenvalue weighted by molar-refractivity contribution is 6.12. The molecule has 1 aromatic heterocycles. The fourth-order valence-corrected chi connectivity index (χ4v) is 4.67. The fraction of sp³-hybridized carbons (Fsp3) is 0.450. The first-order chi connectivity index (χ1) is 11.4. The van der Waals surface area contributed by atoms with Crippen molar-refractivity contribution in [1.82, 2.24) is 9.88 Å². The van der Waals surface area contributed by atoms with Crippen LogP contribution in [0.15, 0.2) is 41.2 Å². The molecule has 2 aliphatic carbocycles. The highest BCUT2D eigenvalue weighted by Crippen LogP contribution is 2.41. The van der Waals surface area contributed by atoms with Gasteiger partial charge in [-0.15, -0.1) is 0 Å². The number of piperidine rings is 1. The van der Waals surface area contributed by atoms with E-state index in [4.69, 9.17) is 4.99 Å². The summed E-state index contributed by atoms with van der Waals surface area (Å²) in [6.07, 6.45) is 17.4. The Morgan fingerprint density at radius 3 is 3.04 bits per heavy atom. The second-order valence-corrected chi connectivity index (χ2v) is 7.12. The van der Waals surface area contributed by atoms with Gasteiger partial charge in [0.25, 0.3) is 0 Å². The van der Waals surface area contributed by atoms with Crippen molar-refractivity contribution in [2.75, 3.05) is 13.1 Å². The van der Waals surface area contributed by atoms with Gasteiger partial charge in [0.15, 0.2) is 0 Å². The Hall–Kier alpha value is -1.87. The average Bonchev–Trinajstić information content (AvgIpc) is 2.97. The third kappa shape index (κ3) is 2.10. The van der Waals surface area contributed by atoms with E-state index in [9.17, 15) is 0 Å².